The molecular formula is C26H24ClN5O2. The second kappa shape index (κ2) is 10.3. The van der Waals surface area contributed by atoms with Crippen LogP contribution in [0.1, 0.15) is 18.2 Å². The maximum Gasteiger partial charge on any atom is 0.180 e. The highest BCUT2D eigenvalue weighted by Crippen LogP contribution is 2.31. The Hall–Kier alpha value is -3.97. The van der Waals surface area contributed by atoms with Gasteiger partial charge in [-0.15, -0.1) is 17.5 Å². The van der Waals surface area contributed by atoms with E-state index >= 15 is 0 Å². The fourth-order valence-electron chi connectivity index (χ4n) is 3.81. The van der Waals surface area contributed by atoms with E-state index in [1.807, 2.05) is 42.5 Å². The lowest BCUT2D eigenvalue weighted by atomic mass is 9.98. The van der Waals surface area contributed by atoms with Crippen molar-refractivity contribution < 1.29 is 9.47 Å². The molecule has 3 aromatic carbocycles. The van der Waals surface area contributed by atoms with Gasteiger partial charge in [-0.05, 0) is 45.7 Å². The van der Waals surface area contributed by atoms with E-state index in [1.54, 1.807) is 7.11 Å². The highest BCUT2D eigenvalue weighted by Gasteiger charge is 2.11. The Morgan fingerprint density at radius 2 is 1.71 bits per heavy atom. The van der Waals surface area contributed by atoms with Gasteiger partial charge in [-0.3, -0.25) is 4.98 Å². The number of ether oxygens (including phenoxy) is 2. The first-order valence-electron chi connectivity index (χ1n) is 10.8. The largest absolute Gasteiger partial charge is 0.497 e. The van der Waals surface area contributed by atoms with Crippen molar-refractivity contribution in [2.45, 2.75) is 20.0 Å². The SMILES string of the molecule is CCc1cc(OCc2ccc(-c3ccccc3-c3nnn[nH]3)cc2)c2ccc(OC)cc2n1.Cl. The molecule has 0 fully saturated rings. The number of benzene rings is 3. The van der Waals surface area contributed by atoms with E-state index in [2.05, 4.69) is 57.9 Å². The maximum atomic E-state index is 6.24. The molecule has 0 atom stereocenters. The van der Waals surface area contributed by atoms with Gasteiger partial charge in [0.2, 0.25) is 0 Å². The number of fused-ring (bicyclic) bond motifs is 1. The van der Waals surface area contributed by atoms with Crippen LogP contribution in [0, 0.1) is 0 Å². The molecule has 0 aliphatic heterocycles. The van der Waals surface area contributed by atoms with Crippen LogP contribution < -0.4 is 9.47 Å². The van der Waals surface area contributed by atoms with Gasteiger partial charge in [0, 0.05) is 28.8 Å². The zero-order chi connectivity index (χ0) is 22.6. The molecule has 172 valence electrons. The predicted octanol–water partition coefficient (Wildman–Crippen LogP) is 5.65. The van der Waals surface area contributed by atoms with E-state index in [9.17, 15) is 0 Å². The van der Waals surface area contributed by atoms with E-state index in [4.69, 9.17) is 14.5 Å². The number of hydrogen-bond acceptors (Lipinski definition) is 6. The molecule has 34 heavy (non-hydrogen) atoms. The van der Waals surface area contributed by atoms with Gasteiger partial charge < -0.3 is 9.47 Å². The number of pyridine rings is 1. The van der Waals surface area contributed by atoms with Crippen molar-refractivity contribution in [3.8, 4) is 34.0 Å². The smallest absolute Gasteiger partial charge is 0.180 e. The number of methoxy groups -OCH3 is 1. The number of aromatic amines is 1. The average Bonchev–Trinajstić information content (AvgIpc) is 3.42. The number of nitrogens with one attached hydrogen (secondary N) is 1. The minimum atomic E-state index is 0. The van der Waals surface area contributed by atoms with E-state index in [0.717, 1.165) is 56.8 Å². The first-order chi connectivity index (χ1) is 16.2. The Morgan fingerprint density at radius 1 is 0.912 bits per heavy atom. The summed E-state index contributed by atoms with van der Waals surface area (Å²) in [5.74, 6) is 2.25. The molecule has 2 heterocycles. The standard InChI is InChI=1S/C26H23N5O2.ClH/c1-3-19-14-25(23-13-12-20(32-2)15-24(23)27-19)33-16-17-8-10-18(11-9-17)21-6-4-5-7-22(21)26-28-30-31-29-26;/h4-15H,3,16H2,1-2H3,(H,28,29,30,31);1H. The molecule has 0 bridgehead atoms. The second-order valence-electron chi connectivity index (χ2n) is 7.63. The molecule has 7 nitrogen and oxygen atoms in total. The summed E-state index contributed by atoms with van der Waals surface area (Å²) in [5, 5.41) is 15.3. The Kier molecular flexibility index (Phi) is 7.04. The van der Waals surface area contributed by atoms with E-state index in [-0.39, 0.29) is 12.4 Å². The number of rotatable bonds is 7. The third-order valence-corrected chi connectivity index (χ3v) is 5.58. The van der Waals surface area contributed by atoms with Crippen molar-refractivity contribution in [2.75, 3.05) is 7.11 Å². The van der Waals surface area contributed by atoms with Crippen LogP contribution >= 0.6 is 12.4 Å². The van der Waals surface area contributed by atoms with Crippen LogP contribution in [0.2, 0.25) is 0 Å². The van der Waals surface area contributed by atoms with Gasteiger partial charge in [-0.2, -0.15) is 0 Å². The molecule has 5 rings (SSSR count). The monoisotopic (exact) mass is 473 g/mol. The summed E-state index contributed by atoms with van der Waals surface area (Å²) >= 11 is 0. The second-order valence-corrected chi connectivity index (χ2v) is 7.63. The Labute approximate surface area is 203 Å². The van der Waals surface area contributed by atoms with Crippen LogP contribution in [-0.4, -0.2) is 32.7 Å². The van der Waals surface area contributed by atoms with Crippen LogP contribution in [0.3, 0.4) is 0 Å². The van der Waals surface area contributed by atoms with Gasteiger partial charge in [0.25, 0.3) is 0 Å². The zero-order valence-electron chi connectivity index (χ0n) is 18.9. The summed E-state index contributed by atoms with van der Waals surface area (Å²) < 4.78 is 11.6. The molecule has 0 spiro atoms. The van der Waals surface area contributed by atoms with Crippen molar-refractivity contribution in [2.24, 2.45) is 0 Å². The quantitative estimate of drug-likeness (QED) is 0.328. The first kappa shape index (κ1) is 23.2. The summed E-state index contributed by atoms with van der Waals surface area (Å²) in [7, 11) is 1.66. The lowest BCUT2D eigenvalue weighted by Crippen LogP contribution is -1.99. The molecule has 2 aromatic heterocycles. The third kappa shape index (κ3) is 4.70. The Bertz CT molecular complexity index is 1380. The lowest BCUT2D eigenvalue weighted by Gasteiger charge is -2.13. The number of hydrogen-bond donors (Lipinski definition) is 1. The van der Waals surface area contributed by atoms with Gasteiger partial charge in [0.1, 0.15) is 18.1 Å². The summed E-state index contributed by atoms with van der Waals surface area (Å²) in [6.07, 6.45) is 0.832. The van der Waals surface area contributed by atoms with Crippen LogP contribution in [-0.2, 0) is 13.0 Å². The number of nitrogens with zero attached hydrogens (tertiary/aromatic N) is 4. The third-order valence-electron chi connectivity index (χ3n) is 5.58. The summed E-state index contributed by atoms with van der Waals surface area (Å²) in [4.78, 5) is 4.72. The minimum Gasteiger partial charge on any atom is -0.497 e. The Balaban J connectivity index is 0.00000274. The number of H-pyrrole nitrogens is 1. The van der Waals surface area contributed by atoms with Gasteiger partial charge in [0.15, 0.2) is 5.82 Å². The van der Waals surface area contributed by atoms with E-state index < -0.39 is 0 Å². The van der Waals surface area contributed by atoms with E-state index in [1.165, 1.54) is 0 Å². The van der Waals surface area contributed by atoms with Crippen LogP contribution in [0.15, 0.2) is 72.8 Å². The Morgan fingerprint density at radius 3 is 2.41 bits per heavy atom. The maximum absolute atomic E-state index is 6.24. The predicted molar refractivity (Wildman–Crippen MR) is 134 cm³/mol. The van der Waals surface area contributed by atoms with Crippen molar-refractivity contribution in [3.05, 3.63) is 84.1 Å². The van der Waals surface area contributed by atoms with Gasteiger partial charge in [-0.1, -0.05) is 55.5 Å². The fourth-order valence-corrected chi connectivity index (χ4v) is 3.81. The van der Waals surface area contributed by atoms with Crippen LogP contribution in [0.25, 0.3) is 33.4 Å². The summed E-state index contributed by atoms with van der Waals surface area (Å²) in [5.41, 5.74) is 6.04. The molecule has 0 aliphatic carbocycles. The fraction of sp³-hybridized carbons (Fsp3) is 0.154. The van der Waals surface area contributed by atoms with Crippen molar-refractivity contribution in [1.29, 1.82) is 0 Å². The van der Waals surface area contributed by atoms with Crippen molar-refractivity contribution >= 4 is 23.3 Å². The molecule has 0 radical (unpaired) electrons. The highest BCUT2D eigenvalue weighted by atomic mass is 35.5. The lowest BCUT2D eigenvalue weighted by molar-refractivity contribution is 0.309. The number of halogens is 1. The van der Waals surface area contributed by atoms with Crippen molar-refractivity contribution in [3.63, 3.8) is 0 Å². The molecular weight excluding hydrogens is 450 g/mol. The van der Waals surface area contributed by atoms with Gasteiger partial charge in [0.05, 0.1) is 12.6 Å². The van der Waals surface area contributed by atoms with Gasteiger partial charge in [-0.25, -0.2) is 5.10 Å². The van der Waals surface area contributed by atoms with Crippen molar-refractivity contribution in [1.82, 2.24) is 25.6 Å². The average molecular weight is 474 g/mol. The summed E-state index contributed by atoms with van der Waals surface area (Å²) in [6, 6.07) is 24.3. The summed E-state index contributed by atoms with van der Waals surface area (Å²) in [6.45, 7) is 2.55. The number of aromatic nitrogens is 5. The van der Waals surface area contributed by atoms with E-state index in [0.29, 0.717) is 12.4 Å². The molecule has 5 aromatic rings. The minimum absolute atomic E-state index is 0. The molecule has 0 saturated heterocycles. The van der Waals surface area contributed by atoms with Crippen LogP contribution in [0.5, 0.6) is 11.5 Å². The zero-order valence-corrected chi connectivity index (χ0v) is 19.7. The number of aryl methyl sites for hydroxylation is 1. The topological polar surface area (TPSA) is 85.8 Å². The molecule has 0 amide bonds. The van der Waals surface area contributed by atoms with Crippen LogP contribution in [0.4, 0.5) is 0 Å². The normalized spacial score (nSPS) is 10.6. The molecule has 0 unspecified atom stereocenters. The number of tetrazole rings is 1. The molecule has 1 N–H and O–H groups in total. The first-order valence-corrected chi connectivity index (χ1v) is 10.8. The van der Waals surface area contributed by atoms with Gasteiger partial charge >= 0.3 is 0 Å². The molecule has 0 aliphatic rings. The molecule has 8 heteroatoms. The molecule has 0 saturated carbocycles. The highest BCUT2D eigenvalue weighted by molar-refractivity contribution is 5.86.